The fourth-order valence-corrected chi connectivity index (χ4v) is 4.44. The highest BCUT2D eigenvalue weighted by Gasteiger charge is 2.47. The molecule has 4 rings (SSSR count). The van der Waals surface area contributed by atoms with Gasteiger partial charge in [-0.15, -0.1) is 0 Å². The van der Waals surface area contributed by atoms with Gasteiger partial charge in [-0.05, 0) is 72.4 Å². The molecule has 0 bridgehead atoms. The van der Waals surface area contributed by atoms with Gasteiger partial charge in [0.2, 0.25) is 0 Å². The Labute approximate surface area is 222 Å². The molecule has 1 aliphatic heterocycles. The second kappa shape index (κ2) is 10.6. The van der Waals surface area contributed by atoms with Gasteiger partial charge in [0, 0.05) is 17.4 Å². The van der Waals surface area contributed by atoms with Crippen molar-refractivity contribution in [3.8, 4) is 0 Å². The molecule has 0 saturated carbocycles. The molecule has 0 aliphatic carbocycles. The van der Waals surface area contributed by atoms with E-state index in [1.807, 2.05) is 32.0 Å². The second-order valence-corrected chi connectivity index (χ2v) is 10.4. The first kappa shape index (κ1) is 26.8. The molecule has 7 nitrogen and oxygen atoms in total. The summed E-state index contributed by atoms with van der Waals surface area (Å²) in [6.07, 6.45) is 2.28. The van der Waals surface area contributed by atoms with Crippen LogP contribution in [-0.2, 0) is 19.7 Å². The summed E-state index contributed by atoms with van der Waals surface area (Å²) in [5, 5.41) is 11.6. The molecule has 2 aromatic carbocycles. The summed E-state index contributed by atoms with van der Waals surface area (Å²) in [7, 11) is 0. The Morgan fingerprint density at radius 2 is 1.76 bits per heavy atom. The fourth-order valence-electron chi connectivity index (χ4n) is 4.44. The number of hydrogen-bond donors (Lipinski definition) is 1. The van der Waals surface area contributed by atoms with E-state index >= 15 is 0 Å². The molecular weight excluding hydrogens is 480 g/mol. The number of aliphatic hydroxyl groups excluding tert-OH is 1. The molecular formula is C31H32N2O5. The van der Waals surface area contributed by atoms with Gasteiger partial charge in [-0.1, -0.05) is 45.9 Å². The minimum Gasteiger partial charge on any atom is -0.507 e. The molecule has 1 aliphatic rings. The van der Waals surface area contributed by atoms with E-state index in [1.165, 1.54) is 4.90 Å². The first-order valence-electron chi connectivity index (χ1n) is 12.6. The zero-order valence-corrected chi connectivity index (χ0v) is 22.3. The van der Waals surface area contributed by atoms with E-state index in [0.29, 0.717) is 35.5 Å². The van der Waals surface area contributed by atoms with Crippen LogP contribution in [-0.4, -0.2) is 34.4 Å². The molecule has 196 valence electrons. The quantitative estimate of drug-likeness (QED) is 0.192. The van der Waals surface area contributed by atoms with Crippen molar-refractivity contribution in [2.45, 2.75) is 52.5 Å². The lowest BCUT2D eigenvalue weighted by molar-refractivity contribution is -0.132. The summed E-state index contributed by atoms with van der Waals surface area (Å²) in [5.74, 6) is -2.29. The number of benzene rings is 2. The molecule has 1 amide bonds. The first-order chi connectivity index (χ1) is 18.0. The number of hydrogen-bond acceptors (Lipinski definition) is 6. The van der Waals surface area contributed by atoms with Crippen molar-refractivity contribution < 1.29 is 24.2 Å². The van der Waals surface area contributed by atoms with E-state index in [4.69, 9.17) is 4.74 Å². The number of carbonyl (C=O) groups excluding carboxylic acids is 3. The van der Waals surface area contributed by atoms with Crippen LogP contribution in [0.3, 0.4) is 0 Å². The average Bonchev–Trinajstić information content (AvgIpc) is 3.17. The van der Waals surface area contributed by atoms with Gasteiger partial charge in [0.15, 0.2) is 0 Å². The van der Waals surface area contributed by atoms with Crippen LogP contribution in [0.1, 0.15) is 72.9 Å². The van der Waals surface area contributed by atoms with Gasteiger partial charge in [0.25, 0.3) is 11.7 Å². The number of Topliss-reactive ketones (excluding diaryl/α,β-unsaturated/α-hetero) is 1. The zero-order chi connectivity index (χ0) is 27.6. The van der Waals surface area contributed by atoms with Gasteiger partial charge in [-0.25, -0.2) is 4.79 Å². The van der Waals surface area contributed by atoms with Crippen molar-refractivity contribution in [3.63, 3.8) is 0 Å². The van der Waals surface area contributed by atoms with E-state index in [2.05, 4.69) is 25.8 Å². The average molecular weight is 513 g/mol. The lowest BCUT2D eigenvalue weighted by Gasteiger charge is -2.25. The number of aliphatic hydroxyl groups is 1. The third-order valence-corrected chi connectivity index (χ3v) is 6.59. The Hall–Kier alpha value is -4.26. The Morgan fingerprint density at radius 1 is 1.05 bits per heavy atom. The van der Waals surface area contributed by atoms with Gasteiger partial charge in [0.05, 0.1) is 23.4 Å². The zero-order valence-electron chi connectivity index (χ0n) is 22.3. The first-order valence-corrected chi connectivity index (χ1v) is 12.6. The Bertz CT molecular complexity index is 1400. The third kappa shape index (κ3) is 5.09. The van der Waals surface area contributed by atoms with Crippen molar-refractivity contribution in [1.29, 1.82) is 0 Å². The van der Waals surface area contributed by atoms with E-state index in [-0.39, 0.29) is 16.7 Å². The lowest BCUT2D eigenvalue weighted by Crippen LogP contribution is -2.29. The maximum absolute atomic E-state index is 13.5. The number of nitrogens with zero attached hydrogens (tertiary/aromatic N) is 2. The van der Waals surface area contributed by atoms with E-state index < -0.39 is 23.7 Å². The van der Waals surface area contributed by atoms with E-state index in [1.54, 1.807) is 48.7 Å². The van der Waals surface area contributed by atoms with E-state index in [0.717, 1.165) is 11.1 Å². The topological polar surface area (TPSA) is 96.8 Å². The molecule has 38 heavy (non-hydrogen) atoms. The predicted octanol–water partition coefficient (Wildman–Crippen LogP) is 5.88. The van der Waals surface area contributed by atoms with Crippen LogP contribution in [0.2, 0.25) is 0 Å². The number of esters is 1. The number of carbonyl (C=O) groups is 3. The number of pyridine rings is 1. The van der Waals surface area contributed by atoms with Gasteiger partial charge >= 0.3 is 5.97 Å². The minimum atomic E-state index is -0.952. The smallest absolute Gasteiger partial charge is 0.338 e. The maximum Gasteiger partial charge on any atom is 0.338 e. The molecule has 0 radical (unpaired) electrons. The van der Waals surface area contributed by atoms with Crippen LogP contribution in [0.15, 0.2) is 72.4 Å². The highest BCUT2D eigenvalue weighted by Crippen LogP contribution is 2.42. The van der Waals surface area contributed by atoms with Gasteiger partial charge < -0.3 is 9.84 Å². The van der Waals surface area contributed by atoms with Crippen molar-refractivity contribution >= 4 is 29.1 Å². The molecule has 3 aromatic rings. The maximum atomic E-state index is 13.5. The molecule has 1 unspecified atom stereocenters. The molecule has 2 heterocycles. The van der Waals surface area contributed by atoms with Gasteiger partial charge in [-0.2, -0.15) is 0 Å². The third-order valence-electron chi connectivity index (χ3n) is 6.59. The molecule has 1 saturated heterocycles. The van der Waals surface area contributed by atoms with Gasteiger partial charge in [0.1, 0.15) is 11.8 Å². The van der Waals surface area contributed by atoms with Gasteiger partial charge in [-0.3, -0.25) is 19.5 Å². The summed E-state index contributed by atoms with van der Waals surface area (Å²) < 4.78 is 5.19. The number of ketones is 1. The van der Waals surface area contributed by atoms with Crippen molar-refractivity contribution in [1.82, 2.24) is 4.98 Å². The number of aromatic nitrogens is 1. The Morgan fingerprint density at radius 3 is 2.37 bits per heavy atom. The molecule has 7 heteroatoms. The summed E-state index contributed by atoms with van der Waals surface area (Å²) in [6.45, 7) is 10.3. The highest BCUT2D eigenvalue weighted by atomic mass is 16.5. The SMILES string of the molecule is CCCOC(=O)c1ccc(N2C(=O)C(=O)/C(=C(/O)c3cc(C(C)(C)C)ccc3C)C2c2ccccn2)cc1. The van der Waals surface area contributed by atoms with Crippen LogP contribution >= 0.6 is 0 Å². The number of rotatable bonds is 6. The highest BCUT2D eigenvalue weighted by molar-refractivity contribution is 6.51. The van der Waals surface area contributed by atoms with Crippen LogP contribution < -0.4 is 4.90 Å². The number of ether oxygens (including phenoxy) is 1. The standard InChI is InChI=1S/C31H32N2O5/c1-6-17-38-30(37)20-11-14-22(15-12-20)33-26(24-9-7-8-16-32-24)25(28(35)29(33)36)27(34)23-18-21(31(3,4)5)13-10-19(23)2/h7-16,18,26,34H,6,17H2,1-5H3/b27-25+. The van der Waals surface area contributed by atoms with E-state index in [9.17, 15) is 19.5 Å². The summed E-state index contributed by atoms with van der Waals surface area (Å²) in [5.41, 5.74) is 3.20. The number of anilines is 1. The van der Waals surface area contributed by atoms with Crippen LogP contribution in [0.25, 0.3) is 5.76 Å². The Kier molecular flexibility index (Phi) is 7.49. The second-order valence-electron chi connectivity index (χ2n) is 10.4. The lowest BCUT2D eigenvalue weighted by atomic mass is 9.84. The normalized spacial score (nSPS) is 17.1. The fraction of sp³-hybridized carbons (Fsp3) is 0.290. The molecule has 1 atom stereocenters. The predicted molar refractivity (Wildman–Crippen MR) is 146 cm³/mol. The number of aryl methyl sites for hydroxylation is 1. The molecule has 1 aromatic heterocycles. The molecule has 1 fully saturated rings. The summed E-state index contributed by atoms with van der Waals surface area (Å²) >= 11 is 0. The van der Waals surface area contributed by atoms with Crippen LogP contribution in [0.4, 0.5) is 5.69 Å². The van der Waals surface area contributed by atoms with Crippen molar-refractivity contribution in [2.75, 3.05) is 11.5 Å². The van der Waals surface area contributed by atoms with Crippen molar-refractivity contribution in [3.05, 3.63) is 100 Å². The number of amides is 1. The molecule has 0 spiro atoms. The molecule has 1 N–H and O–H groups in total. The largest absolute Gasteiger partial charge is 0.507 e. The monoisotopic (exact) mass is 512 g/mol. The van der Waals surface area contributed by atoms with Crippen molar-refractivity contribution in [2.24, 2.45) is 0 Å². The minimum absolute atomic E-state index is 0.0331. The summed E-state index contributed by atoms with van der Waals surface area (Å²) in [4.78, 5) is 44.9. The Balaban J connectivity index is 1.86. The van der Waals surface area contributed by atoms with Crippen LogP contribution in [0.5, 0.6) is 0 Å². The van der Waals surface area contributed by atoms with Crippen LogP contribution in [0, 0.1) is 6.92 Å². The summed E-state index contributed by atoms with van der Waals surface area (Å²) in [6, 6.07) is 16.3.